The number of nitrogens with one attached hydrogen (secondary N) is 1. The number of aryl methyl sites for hydroxylation is 1. The van der Waals surface area contributed by atoms with Crippen LogP contribution in [0.3, 0.4) is 0 Å². The van der Waals surface area contributed by atoms with Crippen molar-refractivity contribution in [3.63, 3.8) is 0 Å². The van der Waals surface area contributed by atoms with E-state index in [0.717, 1.165) is 58.2 Å². The van der Waals surface area contributed by atoms with Crippen molar-refractivity contribution in [2.24, 2.45) is 5.92 Å². The summed E-state index contributed by atoms with van der Waals surface area (Å²) >= 11 is 0. The zero-order valence-electron chi connectivity index (χ0n) is 12.9. The molecule has 1 aromatic rings. The average molecular weight is 290 g/mol. The third-order valence-electron chi connectivity index (χ3n) is 4.36. The first-order valence-corrected chi connectivity index (χ1v) is 8.10. The summed E-state index contributed by atoms with van der Waals surface area (Å²) in [6, 6.07) is 6.57. The van der Waals surface area contributed by atoms with Crippen LogP contribution >= 0.6 is 0 Å². The van der Waals surface area contributed by atoms with Crippen LogP contribution in [0.25, 0.3) is 0 Å². The minimum atomic E-state index is 0.556. The lowest BCUT2D eigenvalue weighted by Gasteiger charge is -2.23. The molecule has 0 spiro atoms. The second-order valence-electron chi connectivity index (χ2n) is 6.08. The highest BCUT2D eigenvalue weighted by Crippen LogP contribution is 2.26. The lowest BCUT2D eigenvalue weighted by atomic mass is 10.1. The molecule has 0 saturated carbocycles. The Balaban J connectivity index is 1.61. The molecule has 4 nitrogen and oxygen atoms in total. The fraction of sp³-hybridized carbons (Fsp3) is 0.647. The first-order chi connectivity index (χ1) is 10.3. The van der Waals surface area contributed by atoms with E-state index in [1.54, 1.807) is 0 Å². The maximum atomic E-state index is 5.98. The standard InChI is InChI=1S/C17H26N2O2/c1-14-11-16(19-8-2-6-18-7-9-19)3-4-17(14)21-13-15-5-10-20-12-15/h3-4,11,15,18H,2,5-10,12-13H2,1H3. The topological polar surface area (TPSA) is 33.7 Å². The largest absolute Gasteiger partial charge is 0.493 e. The van der Waals surface area contributed by atoms with Crippen molar-refractivity contribution >= 4 is 5.69 Å². The van der Waals surface area contributed by atoms with Crippen LogP contribution in [-0.4, -0.2) is 46.0 Å². The van der Waals surface area contributed by atoms with Gasteiger partial charge < -0.3 is 19.7 Å². The maximum absolute atomic E-state index is 5.98. The average Bonchev–Trinajstić information content (AvgIpc) is 2.86. The first kappa shape index (κ1) is 14.7. The molecule has 116 valence electrons. The van der Waals surface area contributed by atoms with Gasteiger partial charge in [0.15, 0.2) is 0 Å². The van der Waals surface area contributed by atoms with E-state index in [4.69, 9.17) is 9.47 Å². The number of hydrogen-bond acceptors (Lipinski definition) is 4. The fourth-order valence-corrected chi connectivity index (χ4v) is 3.02. The van der Waals surface area contributed by atoms with E-state index in [1.807, 2.05) is 0 Å². The van der Waals surface area contributed by atoms with E-state index in [1.165, 1.54) is 17.7 Å². The molecule has 1 unspecified atom stereocenters. The molecule has 2 aliphatic rings. The predicted octanol–water partition coefficient (Wildman–Crippen LogP) is 2.21. The molecule has 0 radical (unpaired) electrons. The summed E-state index contributed by atoms with van der Waals surface area (Å²) in [5, 5.41) is 3.45. The molecule has 1 aromatic carbocycles. The SMILES string of the molecule is Cc1cc(N2CCCNCC2)ccc1OCC1CCOC1. The van der Waals surface area contributed by atoms with Crippen molar-refractivity contribution in [3.8, 4) is 5.75 Å². The molecule has 3 rings (SSSR count). The van der Waals surface area contributed by atoms with E-state index in [2.05, 4.69) is 35.3 Å². The van der Waals surface area contributed by atoms with Crippen molar-refractivity contribution < 1.29 is 9.47 Å². The molecule has 21 heavy (non-hydrogen) atoms. The number of benzene rings is 1. The lowest BCUT2D eigenvalue weighted by molar-refractivity contribution is 0.167. The number of hydrogen-bond donors (Lipinski definition) is 1. The second-order valence-corrected chi connectivity index (χ2v) is 6.08. The van der Waals surface area contributed by atoms with Crippen molar-refractivity contribution in [3.05, 3.63) is 23.8 Å². The van der Waals surface area contributed by atoms with Gasteiger partial charge in [-0.3, -0.25) is 0 Å². The fourth-order valence-electron chi connectivity index (χ4n) is 3.02. The molecular weight excluding hydrogens is 264 g/mol. The maximum Gasteiger partial charge on any atom is 0.122 e. The molecule has 0 bridgehead atoms. The molecule has 2 fully saturated rings. The van der Waals surface area contributed by atoms with Crippen LogP contribution in [0, 0.1) is 12.8 Å². The Kier molecular flexibility index (Phi) is 4.99. The Morgan fingerprint density at radius 3 is 3.10 bits per heavy atom. The van der Waals surface area contributed by atoms with E-state index >= 15 is 0 Å². The number of ether oxygens (including phenoxy) is 2. The van der Waals surface area contributed by atoms with Gasteiger partial charge in [0.25, 0.3) is 0 Å². The van der Waals surface area contributed by atoms with E-state index in [0.29, 0.717) is 5.92 Å². The highest BCUT2D eigenvalue weighted by Gasteiger charge is 2.17. The van der Waals surface area contributed by atoms with E-state index < -0.39 is 0 Å². The van der Waals surface area contributed by atoms with E-state index in [-0.39, 0.29) is 0 Å². The Labute approximate surface area is 127 Å². The normalized spacial score (nSPS) is 23.1. The third kappa shape index (κ3) is 3.89. The van der Waals surface area contributed by atoms with Crippen molar-refractivity contribution in [2.45, 2.75) is 19.8 Å². The Bertz CT molecular complexity index is 450. The summed E-state index contributed by atoms with van der Waals surface area (Å²) in [6.45, 7) is 9.05. The van der Waals surface area contributed by atoms with Crippen LogP contribution in [0.15, 0.2) is 18.2 Å². The molecule has 0 aromatic heterocycles. The van der Waals surface area contributed by atoms with Gasteiger partial charge in [-0.2, -0.15) is 0 Å². The minimum absolute atomic E-state index is 0.556. The van der Waals surface area contributed by atoms with Gasteiger partial charge in [0.2, 0.25) is 0 Å². The van der Waals surface area contributed by atoms with Gasteiger partial charge >= 0.3 is 0 Å². The molecular formula is C17H26N2O2. The van der Waals surface area contributed by atoms with Gasteiger partial charge in [-0.15, -0.1) is 0 Å². The number of rotatable bonds is 4. The lowest BCUT2D eigenvalue weighted by Crippen LogP contribution is -2.27. The Morgan fingerprint density at radius 1 is 1.33 bits per heavy atom. The summed E-state index contributed by atoms with van der Waals surface area (Å²) in [5.74, 6) is 1.57. The zero-order chi connectivity index (χ0) is 14.5. The van der Waals surface area contributed by atoms with Crippen molar-refractivity contribution in [2.75, 3.05) is 50.9 Å². The number of nitrogens with zero attached hydrogens (tertiary/aromatic N) is 1. The summed E-state index contributed by atoms with van der Waals surface area (Å²) in [7, 11) is 0. The smallest absolute Gasteiger partial charge is 0.122 e. The monoisotopic (exact) mass is 290 g/mol. The summed E-state index contributed by atoms with van der Waals surface area (Å²) in [5.41, 5.74) is 2.54. The van der Waals surface area contributed by atoms with Gasteiger partial charge in [-0.1, -0.05) is 0 Å². The Morgan fingerprint density at radius 2 is 2.29 bits per heavy atom. The highest BCUT2D eigenvalue weighted by molar-refractivity contribution is 5.53. The van der Waals surface area contributed by atoms with Crippen molar-refractivity contribution in [1.82, 2.24) is 5.32 Å². The van der Waals surface area contributed by atoms with Gasteiger partial charge in [-0.05, 0) is 50.1 Å². The quantitative estimate of drug-likeness (QED) is 0.922. The summed E-state index contributed by atoms with van der Waals surface area (Å²) in [4.78, 5) is 2.46. The Hall–Kier alpha value is -1.26. The van der Waals surface area contributed by atoms with Gasteiger partial charge in [0.1, 0.15) is 5.75 Å². The molecule has 2 heterocycles. The molecule has 0 aliphatic carbocycles. The van der Waals surface area contributed by atoms with Crippen LogP contribution in [0.4, 0.5) is 5.69 Å². The molecule has 1 atom stereocenters. The zero-order valence-corrected chi connectivity index (χ0v) is 12.9. The van der Waals surface area contributed by atoms with Crippen molar-refractivity contribution in [1.29, 1.82) is 0 Å². The summed E-state index contributed by atoms with van der Waals surface area (Å²) < 4.78 is 11.4. The van der Waals surface area contributed by atoms with Gasteiger partial charge in [0, 0.05) is 37.8 Å². The highest BCUT2D eigenvalue weighted by atomic mass is 16.5. The molecule has 4 heteroatoms. The van der Waals surface area contributed by atoms with Crippen LogP contribution in [0.2, 0.25) is 0 Å². The number of anilines is 1. The van der Waals surface area contributed by atoms with Crippen LogP contribution < -0.4 is 15.0 Å². The molecule has 0 amide bonds. The molecule has 2 saturated heterocycles. The summed E-state index contributed by atoms with van der Waals surface area (Å²) in [6.07, 6.45) is 2.33. The van der Waals surface area contributed by atoms with Crippen LogP contribution in [0.1, 0.15) is 18.4 Å². The van der Waals surface area contributed by atoms with Crippen LogP contribution in [0.5, 0.6) is 5.75 Å². The second kappa shape index (κ2) is 7.14. The van der Waals surface area contributed by atoms with Gasteiger partial charge in [0.05, 0.1) is 13.2 Å². The first-order valence-electron chi connectivity index (χ1n) is 8.10. The minimum Gasteiger partial charge on any atom is -0.493 e. The molecule has 1 N–H and O–H groups in total. The predicted molar refractivity (Wildman–Crippen MR) is 85.3 cm³/mol. The van der Waals surface area contributed by atoms with Crippen LogP contribution in [-0.2, 0) is 4.74 Å². The van der Waals surface area contributed by atoms with Gasteiger partial charge in [-0.25, -0.2) is 0 Å². The third-order valence-corrected chi connectivity index (χ3v) is 4.36. The molecule has 2 aliphatic heterocycles. The van der Waals surface area contributed by atoms with E-state index in [9.17, 15) is 0 Å².